The Bertz CT molecular complexity index is 488. The lowest BCUT2D eigenvalue weighted by Crippen LogP contribution is -2.18. The van der Waals surface area contributed by atoms with Gasteiger partial charge in [0.25, 0.3) is 0 Å². The highest BCUT2D eigenvalue weighted by Gasteiger charge is 2.06. The fourth-order valence-corrected chi connectivity index (χ4v) is 2.00. The maximum atomic E-state index is 6.09. The summed E-state index contributed by atoms with van der Waals surface area (Å²) < 4.78 is 5.76. The Morgan fingerprint density at radius 1 is 1.00 bits per heavy atom. The molecule has 2 nitrogen and oxygen atoms in total. The van der Waals surface area contributed by atoms with Crippen molar-refractivity contribution < 1.29 is 4.74 Å². The van der Waals surface area contributed by atoms with Crippen molar-refractivity contribution in [2.75, 3.05) is 6.61 Å². The molecule has 0 aliphatic carbocycles. The van der Waals surface area contributed by atoms with Crippen LogP contribution in [-0.2, 0) is 0 Å². The van der Waals surface area contributed by atoms with Crippen LogP contribution in [-0.4, -0.2) is 6.61 Å². The van der Waals surface area contributed by atoms with Gasteiger partial charge < -0.3 is 10.5 Å². The average molecular weight is 241 g/mol. The summed E-state index contributed by atoms with van der Waals surface area (Å²) >= 11 is 0. The summed E-state index contributed by atoms with van der Waals surface area (Å²) in [5.74, 6) is 0.888. The molecule has 0 fully saturated rings. The van der Waals surface area contributed by atoms with Gasteiger partial charge in [0.2, 0.25) is 0 Å². The molecule has 18 heavy (non-hydrogen) atoms. The molecule has 0 amide bonds. The molecule has 0 heterocycles. The summed E-state index contributed by atoms with van der Waals surface area (Å²) in [7, 11) is 0. The van der Waals surface area contributed by atoms with E-state index in [0.29, 0.717) is 6.61 Å². The molecular weight excluding hydrogens is 222 g/mol. The van der Waals surface area contributed by atoms with Crippen molar-refractivity contribution >= 4 is 0 Å². The van der Waals surface area contributed by atoms with Crippen LogP contribution in [0.2, 0.25) is 0 Å². The summed E-state index contributed by atoms with van der Waals surface area (Å²) in [6.07, 6.45) is 0. The van der Waals surface area contributed by atoms with Gasteiger partial charge in [0, 0.05) is 0 Å². The van der Waals surface area contributed by atoms with Crippen molar-refractivity contribution in [2.24, 2.45) is 5.73 Å². The van der Waals surface area contributed by atoms with E-state index in [1.807, 2.05) is 42.5 Å². The molecule has 0 radical (unpaired) electrons. The topological polar surface area (TPSA) is 35.2 Å². The van der Waals surface area contributed by atoms with Crippen LogP contribution in [0.4, 0.5) is 0 Å². The Balaban J connectivity index is 1.99. The zero-order valence-corrected chi connectivity index (χ0v) is 10.9. The standard InChI is InChI=1S/C16H19NO/c1-12-8-13(2)10-15(9-12)18-11-16(17)14-6-4-3-5-7-14/h3-10,16H,11,17H2,1-2H3. The van der Waals surface area contributed by atoms with E-state index in [1.54, 1.807) is 0 Å². The van der Waals surface area contributed by atoms with Crippen molar-refractivity contribution in [3.05, 3.63) is 65.2 Å². The molecule has 2 aromatic rings. The largest absolute Gasteiger partial charge is 0.492 e. The number of rotatable bonds is 4. The smallest absolute Gasteiger partial charge is 0.119 e. The van der Waals surface area contributed by atoms with Crippen molar-refractivity contribution in [2.45, 2.75) is 19.9 Å². The third-order valence-corrected chi connectivity index (χ3v) is 2.85. The summed E-state index contributed by atoms with van der Waals surface area (Å²) in [4.78, 5) is 0. The molecule has 0 spiro atoms. The Labute approximate surface area is 108 Å². The second-order valence-electron chi connectivity index (χ2n) is 4.65. The number of nitrogens with two attached hydrogens (primary N) is 1. The second-order valence-corrected chi connectivity index (χ2v) is 4.65. The minimum Gasteiger partial charge on any atom is -0.492 e. The first-order chi connectivity index (χ1) is 8.65. The molecule has 0 aliphatic rings. The highest BCUT2D eigenvalue weighted by Crippen LogP contribution is 2.18. The minimum absolute atomic E-state index is 0.0907. The van der Waals surface area contributed by atoms with Crippen LogP contribution in [0.15, 0.2) is 48.5 Å². The monoisotopic (exact) mass is 241 g/mol. The molecule has 2 N–H and O–H groups in total. The van der Waals surface area contributed by atoms with Gasteiger partial charge in [0.1, 0.15) is 12.4 Å². The Hall–Kier alpha value is -1.80. The third kappa shape index (κ3) is 3.34. The molecule has 0 saturated heterocycles. The molecule has 2 aromatic carbocycles. The number of hydrogen-bond donors (Lipinski definition) is 1. The first-order valence-electron chi connectivity index (χ1n) is 6.17. The Morgan fingerprint density at radius 2 is 1.61 bits per heavy atom. The van der Waals surface area contributed by atoms with Gasteiger partial charge in [-0.05, 0) is 42.7 Å². The normalized spacial score (nSPS) is 12.2. The molecule has 2 heteroatoms. The maximum absolute atomic E-state index is 6.09. The van der Waals surface area contributed by atoms with E-state index in [-0.39, 0.29) is 6.04 Å². The fraction of sp³-hybridized carbons (Fsp3) is 0.250. The molecule has 0 aromatic heterocycles. The zero-order chi connectivity index (χ0) is 13.0. The van der Waals surface area contributed by atoms with E-state index in [0.717, 1.165) is 11.3 Å². The van der Waals surface area contributed by atoms with Gasteiger partial charge in [0.05, 0.1) is 6.04 Å². The van der Waals surface area contributed by atoms with Crippen LogP contribution in [0.3, 0.4) is 0 Å². The Morgan fingerprint density at radius 3 is 2.22 bits per heavy atom. The van der Waals surface area contributed by atoms with Crippen LogP contribution in [0, 0.1) is 13.8 Å². The van der Waals surface area contributed by atoms with Gasteiger partial charge in [-0.25, -0.2) is 0 Å². The van der Waals surface area contributed by atoms with Gasteiger partial charge in [0.15, 0.2) is 0 Å². The van der Waals surface area contributed by atoms with E-state index < -0.39 is 0 Å². The number of benzene rings is 2. The Kier molecular flexibility index (Phi) is 4.00. The number of aryl methyl sites for hydroxylation is 2. The highest BCUT2D eigenvalue weighted by molar-refractivity contribution is 5.33. The third-order valence-electron chi connectivity index (χ3n) is 2.85. The lowest BCUT2D eigenvalue weighted by Gasteiger charge is -2.14. The summed E-state index contributed by atoms with van der Waals surface area (Å²) in [6, 6.07) is 16.1. The molecule has 94 valence electrons. The van der Waals surface area contributed by atoms with Crippen molar-refractivity contribution in [3.8, 4) is 5.75 Å². The summed E-state index contributed by atoms with van der Waals surface area (Å²) in [6.45, 7) is 4.63. The lowest BCUT2D eigenvalue weighted by atomic mass is 10.1. The predicted molar refractivity (Wildman–Crippen MR) is 74.8 cm³/mol. The van der Waals surface area contributed by atoms with Gasteiger partial charge in [-0.15, -0.1) is 0 Å². The van der Waals surface area contributed by atoms with Gasteiger partial charge in [-0.1, -0.05) is 36.4 Å². The predicted octanol–water partition coefficient (Wildman–Crippen LogP) is 3.38. The first-order valence-corrected chi connectivity index (χ1v) is 6.17. The van der Waals surface area contributed by atoms with Gasteiger partial charge in [-0.2, -0.15) is 0 Å². The quantitative estimate of drug-likeness (QED) is 0.890. The van der Waals surface area contributed by atoms with E-state index in [4.69, 9.17) is 10.5 Å². The van der Waals surface area contributed by atoms with Crippen molar-refractivity contribution in [1.82, 2.24) is 0 Å². The molecule has 1 atom stereocenters. The van der Waals surface area contributed by atoms with Crippen LogP contribution in [0.5, 0.6) is 5.75 Å². The molecule has 0 aliphatic heterocycles. The first kappa shape index (κ1) is 12.7. The lowest BCUT2D eigenvalue weighted by molar-refractivity contribution is 0.290. The van der Waals surface area contributed by atoms with Crippen molar-refractivity contribution in [1.29, 1.82) is 0 Å². The van der Waals surface area contributed by atoms with Crippen LogP contribution < -0.4 is 10.5 Å². The second kappa shape index (κ2) is 5.69. The highest BCUT2D eigenvalue weighted by atomic mass is 16.5. The van der Waals surface area contributed by atoms with Gasteiger partial charge >= 0.3 is 0 Å². The van der Waals surface area contributed by atoms with E-state index in [1.165, 1.54) is 11.1 Å². The average Bonchev–Trinajstić information content (AvgIpc) is 2.36. The molecular formula is C16H19NO. The SMILES string of the molecule is Cc1cc(C)cc(OCC(N)c2ccccc2)c1. The molecule has 2 rings (SSSR count). The van der Waals surface area contributed by atoms with Crippen LogP contribution in [0.25, 0.3) is 0 Å². The number of ether oxygens (including phenoxy) is 1. The fourth-order valence-electron chi connectivity index (χ4n) is 2.00. The summed E-state index contributed by atoms with van der Waals surface area (Å²) in [5.41, 5.74) is 9.61. The maximum Gasteiger partial charge on any atom is 0.119 e. The van der Waals surface area contributed by atoms with Crippen LogP contribution >= 0.6 is 0 Å². The van der Waals surface area contributed by atoms with E-state index in [2.05, 4.69) is 19.9 Å². The zero-order valence-electron chi connectivity index (χ0n) is 10.9. The summed E-state index contributed by atoms with van der Waals surface area (Å²) in [5, 5.41) is 0. The molecule has 0 bridgehead atoms. The van der Waals surface area contributed by atoms with Crippen molar-refractivity contribution in [3.63, 3.8) is 0 Å². The van der Waals surface area contributed by atoms with E-state index >= 15 is 0 Å². The minimum atomic E-state index is -0.0907. The molecule has 1 unspecified atom stereocenters. The van der Waals surface area contributed by atoms with E-state index in [9.17, 15) is 0 Å². The number of hydrogen-bond acceptors (Lipinski definition) is 2. The van der Waals surface area contributed by atoms with Gasteiger partial charge in [-0.3, -0.25) is 0 Å². The van der Waals surface area contributed by atoms with Crippen LogP contribution in [0.1, 0.15) is 22.7 Å². The molecule has 0 saturated carbocycles.